The first-order valence-electron chi connectivity index (χ1n) is 6.62. The molecule has 21 heavy (non-hydrogen) atoms. The predicted octanol–water partition coefficient (Wildman–Crippen LogP) is 2.68. The van der Waals surface area contributed by atoms with Crippen molar-refractivity contribution in [2.24, 2.45) is 0 Å². The summed E-state index contributed by atoms with van der Waals surface area (Å²) < 4.78 is 7.05. The first kappa shape index (κ1) is 15.3. The number of aromatic nitrogens is 1. The number of nitrogens with two attached hydrogens (primary N) is 1. The standard InChI is InChI=1S/C15H18ClN3O2/c1-3-19-9-10(17)7-13(19)15(20)18-8-11-12(16)5-4-6-14(11)21-2/h4-7,9H,3,8,17H2,1-2H3,(H,18,20). The van der Waals surface area contributed by atoms with E-state index in [1.165, 1.54) is 0 Å². The Bertz CT molecular complexity index is 652. The van der Waals surface area contributed by atoms with Crippen LogP contribution in [-0.4, -0.2) is 17.6 Å². The average Bonchev–Trinajstić information content (AvgIpc) is 2.86. The molecule has 1 aromatic carbocycles. The van der Waals surface area contributed by atoms with E-state index < -0.39 is 0 Å². The van der Waals surface area contributed by atoms with Crippen molar-refractivity contribution in [1.82, 2.24) is 9.88 Å². The Balaban J connectivity index is 2.15. The molecule has 0 saturated carbocycles. The lowest BCUT2D eigenvalue weighted by Gasteiger charge is -2.12. The molecule has 1 aromatic heterocycles. The van der Waals surface area contributed by atoms with E-state index in [2.05, 4.69) is 5.32 Å². The molecule has 0 saturated heterocycles. The fourth-order valence-corrected chi connectivity index (χ4v) is 2.38. The first-order valence-corrected chi connectivity index (χ1v) is 6.99. The lowest BCUT2D eigenvalue weighted by Crippen LogP contribution is -2.25. The van der Waals surface area contributed by atoms with Gasteiger partial charge < -0.3 is 20.4 Å². The van der Waals surface area contributed by atoms with Gasteiger partial charge in [-0.15, -0.1) is 0 Å². The zero-order chi connectivity index (χ0) is 15.4. The number of ether oxygens (including phenoxy) is 1. The minimum absolute atomic E-state index is 0.199. The number of amides is 1. The number of hydrogen-bond donors (Lipinski definition) is 2. The molecule has 2 aromatic rings. The van der Waals surface area contributed by atoms with Crippen molar-refractivity contribution in [2.75, 3.05) is 12.8 Å². The summed E-state index contributed by atoms with van der Waals surface area (Å²) >= 11 is 6.14. The van der Waals surface area contributed by atoms with Crippen LogP contribution in [0.25, 0.3) is 0 Å². The molecule has 112 valence electrons. The predicted molar refractivity (Wildman–Crippen MR) is 83.7 cm³/mol. The Morgan fingerprint density at radius 3 is 2.90 bits per heavy atom. The molecule has 0 aliphatic rings. The molecule has 3 N–H and O–H groups in total. The Morgan fingerprint density at radius 2 is 2.24 bits per heavy atom. The topological polar surface area (TPSA) is 69.3 Å². The molecule has 5 nitrogen and oxygen atoms in total. The van der Waals surface area contributed by atoms with Crippen LogP contribution in [0.5, 0.6) is 5.75 Å². The number of nitrogens with zero attached hydrogens (tertiary/aromatic N) is 1. The summed E-state index contributed by atoms with van der Waals surface area (Å²) in [5, 5.41) is 3.39. The first-order chi connectivity index (χ1) is 10.1. The van der Waals surface area contributed by atoms with E-state index in [0.717, 1.165) is 5.56 Å². The summed E-state index contributed by atoms with van der Waals surface area (Å²) in [5.74, 6) is 0.448. The van der Waals surface area contributed by atoms with Crippen molar-refractivity contribution in [1.29, 1.82) is 0 Å². The van der Waals surface area contributed by atoms with Crippen molar-refractivity contribution < 1.29 is 9.53 Å². The summed E-state index contributed by atoms with van der Waals surface area (Å²) in [7, 11) is 1.57. The van der Waals surface area contributed by atoms with Crippen LogP contribution in [0.1, 0.15) is 23.0 Å². The molecule has 0 radical (unpaired) electrons. The highest BCUT2D eigenvalue weighted by Gasteiger charge is 2.14. The van der Waals surface area contributed by atoms with Gasteiger partial charge in [0, 0.05) is 29.9 Å². The maximum Gasteiger partial charge on any atom is 0.268 e. The minimum Gasteiger partial charge on any atom is -0.496 e. The molecule has 0 unspecified atom stereocenters. The number of halogens is 1. The van der Waals surface area contributed by atoms with E-state index in [0.29, 0.717) is 28.7 Å². The smallest absolute Gasteiger partial charge is 0.268 e. The van der Waals surface area contributed by atoms with Gasteiger partial charge in [-0.1, -0.05) is 17.7 Å². The molecular formula is C15H18ClN3O2. The largest absolute Gasteiger partial charge is 0.496 e. The number of rotatable bonds is 5. The van der Waals surface area contributed by atoms with Crippen LogP contribution in [0.4, 0.5) is 5.69 Å². The second-order valence-electron chi connectivity index (χ2n) is 4.55. The fraction of sp³-hybridized carbons (Fsp3) is 0.267. The van der Waals surface area contributed by atoms with Gasteiger partial charge in [0.05, 0.1) is 12.8 Å². The normalized spacial score (nSPS) is 10.4. The van der Waals surface area contributed by atoms with E-state index in [9.17, 15) is 4.79 Å². The maximum atomic E-state index is 12.3. The van der Waals surface area contributed by atoms with Crippen LogP contribution < -0.4 is 15.8 Å². The number of hydrogen-bond acceptors (Lipinski definition) is 3. The van der Waals surface area contributed by atoms with Crippen molar-refractivity contribution in [3.63, 3.8) is 0 Å². The van der Waals surface area contributed by atoms with Crippen LogP contribution in [0, 0.1) is 0 Å². The second kappa shape index (κ2) is 6.54. The van der Waals surface area contributed by atoms with Gasteiger partial charge in [0.15, 0.2) is 0 Å². The quantitative estimate of drug-likeness (QED) is 0.892. The molecule has 6 heteroatoms. The van der Waals surface area contributed by atoms with Gasteiger partial charge in [-0.25, -0.2) is 0 Å². The zero-order valence-electron chi connectivity index (χ0n) is 12.0. The van der Waals surface area contributed by atoms with Crippen LogP contribution in [-0.2, 0) is 13.1 Å². The average molecular weight is 308 g/mol. The van der Waals surface area contributed by atoms with Crippen LogP contribution in [0.2, 0.25) is 5.02 Å². The van der Waals surface area contributed by atoms with Gasteiger partial charge in [0.1, 0.15) is 11.4 Å². The Kier molecular flexibility index (Phi) is 4.75. The van der Waals surface area contributed by atoms with Crippen LogP contribution >= 0.6 is 11.6 Å². The Labute approximate surface area is 128 Å². The van der Waals surface area contributed by atoms with Gasteiger partial charge in [-0.2, -0.15) is 0 Å². The molecule has 0 atom stereocenters. The lowest BCUT2D eigenvalue weighted by molar-refractivity contribution is 0.0941. The number of carbonyl (C=O) groups excluding carboxylic acids is 1. The maximum absolute atomic E-state index is 12.3. The SMILES string of the molecule is CCn1cc(N)cc1C(=O)NCc1c(Cl)cccc1OC. The molecular weight excluding hydrogens is 290 g/mol. The molecule has 1 heterocycles. The van der Waals surface area contributed by atoms with Crippen LogP contribution in [0.3, 0.4) is 0 Å². The fourth-order valence-electron chi connectivity index (χ4n) is 2.15. The molecule has 1 amide bonds. The van der Waals surface area contributed by atoms with Gasteiger partial charge in [-0.05, 0) is 25.1 Å². The van der Waals surface area contributed by atoms with E-state index in [-0.39, 0.29) is 12.5 Å². The molecule has 0 fully saturated rings. The zero-order valence-corrected chi connectivity index (χ0v) is 12.8. The molecule has 0 spiro atoms. The number of aryl methyl sites for hydroxylation is 1. The minimum atomic E-state index is -0.199. The van der Waals surface area contributed by atoms with Gasteiger partial charge in [0.25, 0.3) is 5.91 Å². The summed E-state index contributed by atoms with van der Waals surface area (Å²) in [5.41, 5.74) is 7.57. The van der Waals surface area contributed by atoms with E-state index in [4.69, 9.17) is 22.1 Å². The van der Waals surface area contributed by atoms with Crippen molar-refractivity contribution in [3.05, 3.63) is 46.7 Å². The molecule has 2 rings (SSSR count). The Morgan fingerprint density at radius 1 is 1.48 bits per heavy atom. The summed E-state index contributed by atoms with van der Waals surface area (Å²) in [6.07, 6.45) is 1.74. The van der Waals surface area contributed by atoms with Crippen molar-refractivity contribution in [2.45, 2.75) is 20.0 Å². The highest BCUT2D eigenvalue weighted by molar-refractivity contribution is 6.31. The number of methoxy groups -OCH3 is 1. The van der Waals surface area contributed by atoms with E-state index in [1.54, 1.807) is 42.1 Å². The second-order valence-corrected chi connectivity index (χ2v) is 4.96. The summed E-state index contributed by atoms with van der Waals surface area (Å²) in [4.78, 5) is 12.3. The third-order valence-corrected chi connectivity index (χ3v) is 3.57. The lowest BCUT2D eigenvalue weighted by atomic mass is 10.2. The van der Waals surface area contributed by atoms with E-state index >= 15 is 0 Å². The third-order valence-electron chi connectivity index (χ3n) is 3.21. The number of anilines is 1. The number of nitrogens with one attached hydrogen (secondary N) is 1. The number of carbonyl (C=O) groups is 1. The van der Waals surface area contributed by atoms with Crippen LogP contribution in [0.15, 0.2) is 30.5 Å². The van der Waals surface area contributed by atoms with Gasteiger partial charge >= 0.3 is 0 Å². The Hall–Kier alpha value is -2.14. The van der Waals surface area contributed by atoms with Gasteiger partial charge in [0.2, 0.25) is 0 Å². The van der Waals surface area contributed by atoms with E-state index in [1.807, 2.05) is 6.92 Å². The number of nitrogen functional groups attached to an aromatic ring is 1. The van der Waals surface area contributed by atoms with Crippen molar-refractivity contribution in [3.8, 4) is 5.75 Å². The summed E-state index contributed by atoms with van der Waals surface area (Å²) in [6.45, 7) is 2.92. The number of benzene rings is 1. The van der Waals surface area contributed by atoms with Gasteiger partial charge in [-0.3, -0.25) is 4.79 Å². The third kappa shape index (κ3) is 3.31. The van der Waals surface area contributed by atoms with Crippen molar-refractivity contribution >= 4 is 23.2 Å². The summed E-state index contributed by atoms with van der Waals surface area (Å²) in [6, 6.07) is 7.02. The molecule has 0 bridgehead atoms. The molecule has 0 aliphatic carbocycles. The molecule has 0 aliphatic heterocycles. The monoisotopic (exact) mass is 307 g/mol. The highest BCUT2D eigenvalue weighted by Crippen LogP contribution is 2.26. The highest BCUT2D eigenvalue weighted by atomic mass is 35.5.